The Hall–Kier alpha value is -1.42. The third-order valence-electron chi connectivity index (χ3n) is 4.59. The second-order valence-corrected chi connectivity index (χ2v) is 6.36. The lowest BCUT2D eigenvalue weighted by Crippen LogP contribution is -2.25. The molecular formula is C18H32N4. The average Bonchev–Trinajstić information content (AvgIpc) is 2.54. The highest BCUT2D eigenvalue weighted by Crippen LogP contribution is 2.29. The maximum atomic E-state index is 5.77. The first-order valence-electron chi connectivity index (χ1n) is 8.81. The van der Waals surface area contributed by atoms with Gasteiger partial charge in [-0.05, 0) is 76.1 Å². The zero-order chi connectivity index (χ0) is 15.8. The molecule has 0 bridgehead atoms. The molecule has 1 aromatic carbocycles. The van der Waals surface area contributed by atoms with Crippen LogP contribution in [0.2, 0.25) is 0 Å². The summed E-state index contributed by atoms with van der Waals surface area (Å²) in [6, 6.07) is 6.58. The quantitative estimate of drug-likeness (QED) is 0.591. The first-order valence-corrected chi connectivity index (χ1v) is 8.81. The standard InChI is InChI=1S/C18H32N4/c1-3-20-16-9-17(21-4-2)11-18(10-16)22-13-15-7-5-14(12-19)6-8-15/h9-11,14-15,20-22H,3-8,12-13,19H2,1-2H3. The molecule has 0 aliphatic heterocycles. The molecule has 0 atom stereocenters. The van der Waals surface area contributed by atoms with Crippen molar-refractivity contribution in [1.29, 1.82) is 0 Å². The zero-order valence-electron chi connectivity index (χ0n) is 14.1. The fourth-order valence-corrected chi connectivity index (χ4v) is 3.28. The lowest BCUT2D eigenvalue weighted by atomic mass is 9.82. The van der Waals surface area contributed by atoms with Crippen LogP contribution in [0.25, 0.3) is 0 Å². The van der Waals surface area contributed by atoms with E-state index >= 15 is 0 Å². The van der Waals surface area contributed by atoms with E-state index in [-0.39, 0.29) is 0 Å². The van der Waals surface area contributed by atoms with E-state index in [1.54, 1.807) is 0 Å². The molecule has 2 rings (SSSR count). The predicted octanol–water partition coefficient (Wildman–Crippen LogP) is 3.73. The predicted molar refractivity (Wildman–Crippen MR) is 97.8 cm³/mol. The van der Waals surface area contributed by atoms with Gasteiger partial charge in [-0.2, -0.15) is 0 Å². The maximum Gasteiger partial charge on any atom is 0.0381 e. The van der Waals surface area contributed by atoms with Crippen molar-refractivity contribution in [3.63, 3.8) is 0 Å². The van der Waals surface area contributed by atoms with Crippen molar-refractivity contribution in [3.8, 4) is 0 Å². The minimum absolute atomic E-state index is 0.758. The second-order valence-electron chi connectivity index (χ2n) is 6.36. The fourth-order valence-electron chi connectivity index (χ4n) is 3.28. The van der Waals surface area contributed by atoms with Crippen LogP contribution in [0.5, 0.6) is 0 Å². The molecule has 0 heterocycles. The number of benzene rings is 1. The van der Waals surface area contributed by atoms with Crippen LogP contribution in [0.15, 0.2) is 18.2 Å². The van der Waals surface area contributed by atoms with Gasteiger partial charge in [0.15, 0.2) is 0 Å². The summed E-state index contributed by atoms with van der Waals surface area (Å²) in [5, 5.41) is 10.4. The summed E-state index contributed by atoms with van der Waals surface area (Å²) in [4.78, 5) is 0. The van der Waals surface area contributed by atoms with E-state index in [1.807, 2.05) is 0 Å². The maximum absolute atomic E-state index is 5.77. The van der Waals surface area contributed by atoms with Crippen LogP contribution in [0.3, 0.4) is 0 Å². The smallest absolute Gasteiger partial charge is 0.0381 e. The van der Waals surface area contributed by atoms with Crippen molar-refractivity contribution < 1.29 is 0 Å². The average molecular weight is 304 g/mol. The summed E-state index contributed by atoms with van der Waals surface area (Å²) in [7, 11) is 0. The molecule has 124 valence electrons. The van der Waals surface area contributed by atoms with Gasteiger partial charge in [0.1, 0.15) is 0 Å². The van der Waals surface area contributed by atoms with Gasteiger partial charge in [-0.3, -0.25) is 0 Å². The van der Waals surface area contributed by atoms with Gasteiger partial charge in [0.2, 0.25) is 0 Å². The molecule has 4 heteroatoms. The van der Waals surface area contributed by atoms with E-state index in [1.165, 1.54) is 42.7 Å². The van der Waals surface area contributed by atoms with Crippen molar-refractivity contribution >= 4 is 17.1 Å². The Morgan fingerprint density at radius 3 is 1.73 bits per heavy atom. The van der Waals surface area contributed by atoms with Crippen LogP contribution < -0.4 is 21.7 Å². The summed E-state index contributed by atoms with van der Waals surface area (Å²) < 4.78 is 0. The molecule has 0 saturated heterocycles. The molecule has 22 heavy (non-hydrogen) atoms. The van der Waals surface area contributed by atoms with Crippen molar-refractivity contribution in [2.75, 3.05) is 42.1 Å². The van der Waals surface area contributed by atoms with Crippen LogP contribution in [-0.4, -0.2) is 26.2 Å². The van der Waals surface area contributed by atoms with Crippen molar-refractivity contribution in [2.24, 2.45) is 17.6 Å². The largest absolute Gasteiger partial charge is 0.385 e. The van der Waals surface area contributed by atoms with Gasteiger partial charge in [-0.15, -0.1) is 0 Å². The Morgan fingerprint density at radius 1 is 0.818 bits per heavy atom. The number of rotatable bonds is 8. The lowest BCUT2D eigenvalue weighted by molar-refractivity contribution is 0.289. The normalized spacial score (nSPS) is 21.4. The van der Waals surface area contributed by atoms with Crippen molar-refractivity contribution in [2.45, 2.75) is 39.5 Å². The highest BCUT2D eigenvalue weighted by molar-refractivity contribution is 5.67. The summed E-state index contributed by atoms with van der Waals surface area (Å²) >= 11 is 0. The van der Waals surface area contributed by atoms with Crippen LogP contribution >= 0.6 is 0 Å². The first kappa shape index (κ1) is 16.9. The lowest BCUT2D eigenvalue weighted by Gasteiger charge is -2.28. The number of nitrogens with one attached hydrogen (secondary N) is 3. The Kier molecular flexibility index (Phi) is 6.84. The Balaban J connectivity index is 1.91. The van der Waals surface area contributed by atoms with E-state index in [4.69, 9.17) is 5.73 Å². The van der Waals surface area contributed by atoms with Gasteiger partial charge in [-0.25, -0.2) is 0 Å². The van der Waals surface area contributed by atoms with Gasteiger partial charge in [0.05, 0.1) is 0 Å². The Bertz CT molecular complexity index is 414. The summed E-state index contributed by atoms with van der Waals surface area (Å²) in [6.07, 6.45) is 5.20. The zero-order valence-corrected chi connectivity index (χ0v) is 14.1. The molecule has 0 unspecified atom stereocenters. The topological polar surface area (TPSA) is 62.1 Å². The monoisotopic (exact) mass is 304 g/mol. The summed E-state index contributed by atoms with van der Waals surface area (Å²) in [6.45, 7) is 8.07. The van der Waals surface area contributed by atoms with Crippen LogP contribution in [-0.2, 0) is 0 Å². The van der Waals surface area contributed by atoms with E-state index in [9.17, 15) is 0 Å². The molecule has 1 aliphatic carbocycles. The number of hydrogen-bond donors (Lipinski definition) is 4. The van der Waals surface area contributed by atoms with Gasteiger partial charge in [-0.1, -0.05) is 0 Å². The molecule has 0 radical (unpaired) electrons. The molecule has 0 aromatic heterocycles. The molecule has 1 aromatic rings. The number of nitrogens with two attached hydrogens (primary N) is 1. The summed E-state index contributed by atoms with van der Waals surface area (Å²) in [5.41, 5.74) is 9.33. The molecule has 1 aliphatic rings. The molecule has 0 spiro atoms. The minimum atomic E-state index is 0.758. The van der Waals surface area contributed by atoms with Gasteiger partial charge in [0.25, 0.3) is 0 Å². The van der Waals surface area contributed by atoms with E-state index in [0.717, 1.165) is 38.0 Å². The molecule has 0 amide bonds. The SMILES string of the molecule is CCNc1cc(NCC)cc(NCC2CCC(CN)CC2)c1. The van der Waals surface area contributed by atoms with Crippen molar-refractivity contribution in [1.82, 2.24) is 0 Å². The summed E-state index contributed by atoms with van der Waals surface area (Å²) in [5.74, 6) is 1.54. The van der Waals surface area contributed by atoms with E-state index in [0.29, 0.717) is 0 Å². The van der Waals surface area contributed by atoms with Gasteiger partial charge < -0.3 is 21.7 Å². The highest BCUT2D eigenvalue weighted by Gasteiger charge is 2.19. The van der Waals surface area contributed by atoms with Gasteiger partial charge >= 0.3 is 0 Å². The first-order chi connectivity index (χ1) is 10.7. The molecule has 4 nitrogen and oxygen atoms in total. The molecular weight excluding hydrogens is 272 g/mol. The third-order valence-corrected chi connectivity index (χ3v) is 4.59. The highest BCUT2D eigenvalue weighted by atomic mass is 14.9. The van der Waals surface area contributed by atoms with E-state index < -0.39 is 0 Å². The second kappa shape index (κ2) is 8.89. The number of anilines is 3. The Morgan fingerprint density at radius 2 is 1.27 bits per heavy atom. The van der Waals surface area contributed by atoms with Crippen LogP contribution in [0, 0.1) is 11.8 Å². The molecule has 1 saturated carbocycles. The van der Waals surface area contributed by atoms with Crippen LogP contribution in [0.4, 0.5) is 17.1 Å². The number of hydrogen-bond acceptors (Lipinski definition) is 4. The molecule has 5 N–H and O–H groups in total. The van der Waals surface area contributed by atoms with Crippen molar-refractivity contribution in [3.05, 3.63) is 18.2 Å². The third kappa shape index (κ3) is 5.09. The van der Waals surface area contributed by atoms with E-state index in [2.05, 4.69) is 48.0 Å². The minimum Gasteiger partial charge on any atom is -0.385 e. The van der Waals surface area contributed by atoms with Crippen LogP contribution in [0.1, 0.15) is 39.5 Å². The Labute approximate surface area is 135 Å². The fraction of sp³-hybridized carbons (Fsp3) is 0.667. The van der Waals surface area contributed by atoms with Gasteiger partial charge in [0, 0.05) is 36.7 Å². The molecule has 1 fully saturated rings.